The monoisotopic (exact) mass is 261 g/mol. The van der Waals surface area contributed by atoms with Gasteiger partial charge in [-0.3, -0.25) is 4.79 Å². The summed E-state index contributed by atoms with van der Waals surface area (Å²) in [7, 11) is 0. The van der Waals surface area contributed by atoms with Crippen LogP contribution in [0.2, 0.25) is 0 Å². The number of rotatable bonds is 4. The first kappa shape index (κ1) is 14.8. The second-order valence-electron chi connectivity index (χ2n) is 5.50. The molecule has 100 valence electrons. The van der Waals surface area contributed by atoms with Gasteiger partial charge >= 0.3 is 0 Å². The Bertz CT molecular complexity index is 257. The van der Waals surface area contributed by atoms with E-state index in [0.29, 0.717) is 31.8 Å². The summed E-state index contributed by atoms with van der Waals surface area (Å²) in [5.41, 5.74) is -0.465. The predicted octanol–water partition coefficient (Wildman–Crippen LogP) is 1.18. The quantitative estimate of drug-likeness (QED) is 0.798. The minimum atomic E-state index is -0.465. The van der Waals surface area contributed by atoms with Crippen molar-refractivity contribution in [2.75, 3.05) is 25.6 Å². The van der Waals surface area contributed by atoms with Gasteiger partial charge in [0.2, 0.25) is 5.91 Å². The van der Waals surface area contributed by atoms with Crippen LogP contribution in [0.25, 0.3) is 0 Å². The lowest BCUT2D eigenvalue weighted by Gasteiger charge is -2.36. The third kappa shape index (κ3) is 5.27. The average Bonchev–Trinajstić information content (AvgIpc) is 2.27. The third-order valence-electron chi connectivity index (χ3n) is 2.79. The Kier molecular flexibility index (Phi) is 5.28. The predicted molar refractivity (Wildman–Crippen MR) is 70.2 cm³/mol. The van der Waals surface area contributed by atoms with Crippen molar-refractivity contribution in [1.82, 2.24) is 5.32 Å². The topological polar surface area (TPSA) is 58.6 Å². The molecule has 0 aliphatic carbocycles. The molecule has 0 bridgehead atoms. The van der Waals surface area contributed by atoms with Crippen molar-refractivity contribution >= 4 is 17.7 Å². The largest absolute Gasteiger partial charge is 0.394 e. The summed E-state index contributed by atoms with van der Waals surface area (Å²) in [5, 5.41) is 12.4. The maximum atomic E-state index is 11.8. The van der Waals surface area contributed by atoms with Gasteiger partial charge in [0.25, 0.3) is 0 Å². The maximum absolute atomic E-state index is 11.8. The van der Waals surface area contributed by atoms with Crippen LogP contribution in [0.5, 0.6) is 0 Å². The fraction of sp³-hybridized carbons (Fsp3) is 0.917. The molecule has 17 heavy (non-hydrogen) atoms. The van der Waals surface area contributed by atoms with Crippen LogP contribution in [0.15, 0.2) is 0 Å². The highest BCUT2D eigenvalue weighted by molar-refractivity contribution is 8.01. The summed E-state index contributed by atoms with van der Waals surface area (Å²) in [6.45, 7) is 7.45. The van der Waals surface area contributed by atoms with E-state index in [0.717, 1.165) is 0 Å². The normalized spacial score (nSPS) is 20.0. The van der Waals surface area contributed by atoms with Gasteiger partial charge in [-0.05, 0) is 12.8 Å². The van der Waals surface area contributed by atoms with Crippen LogP contribution in [0.4, 0.5) is 0 Å². The number of amides is 1. The number of aliphatic hydroxyl groups excluding tert-OH is 1. The first-order valence-corrected chi connectivity index (χ1v) is 6.99. The molecule has 1 amide bonds. The highest BCUT2D eigenvalue weighted by atomic mass is 32.2. The van der Waals surface area contributed by atoms with Gasteiger partial charge in [0.1, 0.15) is 0 Å². The molecule has 5 heteroatoms. The Balaban J connectivity index is 2.42. The SMILES string of the molecule is CC(C)(C)SCC(=O)NC1(CO)CCOCC1. The molecule has 0 unspecified atom stereocenters. The summed E-state index contributed by atoms with van der Waals surface area (Å²) >= 11 is 1.61. The first-order valence-electron chi connectivity index (χ1n) is 6.00. The summed E-state index contributed by atoms with van der Waals surface area (Å²) in [6.07, 6.45) is 1.38. The molecule has 1 aliphatic rings. The number of carbonyl (C=O) groups is 1. The molecular weight excluding hydrogens is 238 g/mol. The number of thioether (sulfide) groups is 1. The molecule has 0 saturated carbocycles. The Labute approximate surface area is 107 Å². The van der Waals surface area contributed by atoms with Crippen molar-refractivity contribution in [2.45, 2.75) is 43.9 Å². The van der Waals surface area contributed by atoms with Gasteiger partial charge in [-0.2, -0.15) is 0 Å². The van der Waals surface area contributed by atoms with E-state index in [1.165, 1.54) is 0 Å². The van der Waals surface area contributed by atoms with E-state index in [-0.39, 0.29) is 17.3 Å². The van der Waals surface area contributed by atoms with E-state index in [1.54, 1.807) is 11.8 Å². The highest BCUT2D eigenvalue weighted by Crippen LogP contribution is 2.24. The number of hydrogen-bond acceptors (Lipinski definition) is 4. The first-order chi connectivity index (χ1) is 7.87. The highest BCUT2D eigenvalue weighted by Gasteiger charge is 2.33. The van der Waals surface area contributed by atoms with Crippen LogP contribution in [-0.4, -0.2) is 46.9 Å². The van der Waals surface area contributed by atoms with Crippen molar-refractivity contribution in [3.8, 4) is 0 Å². The molecule has 0 aromatic rings. The van der Waals surface area contributed by atoms with E-state index in [9.17, 15) is 9.90 Å². The van der Waals surface area contributed by atoms with Gasteiger partial charge in [0.05, 0.1) is 17.9 Å². The molecule has 0 atom stereocenters. The molecule has 1 fully saturated rings. The van der Waals surface area contributed by atoms with Gasteiger partial charge < -0.3 is 15.2 Å². The lowest BCUT2D eigenvalue weighted by Crippen LogP contribution is -2.55. The molecule has 0 spiro atoms. The van der Waals surface area contributed by atoms with Gasteiger partial charge in [-0.25, -0.2) is 0 Å². The standard InChI is InChI=1S/C12H23NO3S/c1-11(2,3)17-8-10(15)13-12(9-14)4-6-16-7-5-12/h14H,4-9H2,1-3H3,(H,13,15). The number of nitrogens with one attached hydrogen (secondary N) is 1. The molecule has 0 radical (unpaired) electrons. The van der Waals surface area contributed by atoms with Crippen molar-refractivity contribution < 1.29 is 14.6 Å². The van der Waals surface area contributed by atoms with Crippen molar-refractivity contribution in [3.63, 3.8) is 0 Å². The van der Waals surface area contributed by atoms with Crippen LogP contribution in [0.3, 0.4) is 0 Å². The second-order valence-corrected chi connectivity index (χ2v) is 7.30. The van der Waals surface area contributed by atoms with Crippen molar-refractivity contribution in [3.05, 3.63) is 0 Å². The second kappa shape index (κ2) is 6.07. The number of aliphatic hydroxyl groups is 1. The fourth-order valence-corrected chi connectivity index (χ4v) is 2.33. The number of ether oxygens (including phenoxy) is 1. The molecule has 1 heterocycles. The molecule has 1 rings (SSSR count). The van der Waals surface area contributed by atoms with Crippen LogP contribution in [0, 0.1) is 0 Å². The Morgan fingerprint density at radius 3 is 2.47 bits per heavy atom. The van der Waals surface area contributed by atoms with Gasteiger partial charge in [-0.15, -0.1) is 11.8 Å². The van der Waals surface area contributed by atoms with Gasteiger partial charge in [0, 0.05) is 18.0 Å². The van der Waals surface area contributed by atoms with Crippen LogP contribution < -0.4 is 5.32 Å². The number of hydrogen-bond donors (Lipinski definition) is 2. The average molecular weight is 261 g/mol. The summed E-state index contributed by atoms with van der Waals surface area (Å²) in [6, 6.07) is 0. The van der Waals surface area contributed by atoms with E-state index in [1.807, 2.05) is 0 Å². The van der Waals surface area contributed by atoms with Gasteiger partial charge in [-0.1, -0.05) is 20.8 Å². The molecular formula is C12H23NO3S. The fourth-order valence-electron chi connectivity index (χ4n) is 1.70. The molecule has 1 saturated heterocycles. The third-order valence-corrected chi connectivity index (χ3v) is 4.07. The summed E-state index contributed by atoms with van der Waals surface area (Å²) < 4.78 is 5.34. The smallest absolute Gasteiger partial charge is 0.230 e. The molecule has 2 N–H and O–H groups in total. The zero-order chi connectivity index (χ0) is 12.9. The lowest BCUT2D eigenvalue weighted by molar-refractivity contribution is -0.122. The van der Waals surface area contributed by atoms with Crippen molar-refractivity contribution in [1.29, 1.82) is 0 Å². The van der Waals surface area contributed by atoms with E-state index in [2.05, 4.69) is 26.1 Å². The van der Waals surface area contributed by atoms with E-state index in [4.69, 9.17) is 4.74 Å². The lowest BCUT2D eigenvalue weighted by atomic mass is 9.91. The molecule has 0 aromatic heterocycles. The van der Waals surface area contributed by atoms with E-state index >= 15 is 0 Å². The number of carbonyl (C=O) groups excluding carboxylic acids is 1. The Hall–Kier alpha value is -0.260. The molecule has 1 aliphatic heterocycles. The van der Waals surface area contributed by atoms with Crippen LogP contribution in [-0.2, 0) is 9.53 Å². The van der Waals surface area contributed by atoms with Crippen LogP contribution in [0.1, 0.15) is 33.6 Å². The Morgan fingerprint density at radius 2 is 2.00 bits per heavy atom. The Morgan fingerprint density at radius 1 is 1.41 bits per heavy atom. The maximum Gasteiger partial charge on any atom is 0.230 e. The minimum Gasteiger partial charge on any atom is -0.394 e. The van der Waals surface area contributed by atoms with Gasteiger partial charge in [0.15, 0.2) is 0 Å². The molecule has 0 aromatic carbocycles. The van der Waals surface area contributed by atoms with E-state index < -0.39 is 5.54 Å². The molecule has 4 nitrogen and oxygen atoms in total. The zero-order valence-corrected chi connectivity index (χ0v) is 11.7. The van der Waals surface area contributed by atoms with Crippen molar-refractivity contribution in [2.24, 2.45) is 0 Å². The zero-order valence-electron chi connectivity index (χ0n) is 10.9. The summed E-state index contributed by atoms with van der Waals surface area (Å²) in [4.78, 5) is 11.8. The van der Waals surface area contributed by atoms with Crippen LogP contribution >= 0.6 is 11.8 Å². The summed E-state index contributed by atoms with van der Waals surface area (Å²) in [5.74, 6) is 0.437. The minimum absolute atomic E-state index is 0.000810.